The standard InChI is InChI=1S/C18H16N2O4/c1-23-14-7-3-12(4-8-14)11-16-17(21)19-20(18(16)22)13-5-9-15(24-2)10-6-13/h3-11H,1-2H3,(H,19,21)/b16-11+. The van der Waals surface area contributed by atoms with Gasteiger partial charge in [0, 0.05) is 0 Å². The first-order chi connectivity index (χ1) is 11.6. The predicted molar refractivity (Wildman–Crippen MR) is 89.6 cm³/mol. The first kappa shape index (κ1) is 15.6. The van der Waals surface area contributed by atoms with Crippen LogP contribution in [0.4, 0.5) is 5.69 Å². The molecule has 0 aromatic heterocycles. The van der Waals surface area contributed by atoms with Gasteiger partial charge in [-0.2, -0.15) is 0 Å². The summed E-state index contributed by atoms with van der Waals surface area (Å²) in [6, 6.07) is 13.9. The minimum atomic E-state index is -0.438. The molecule has 0 bridgehead atoms. The van der Waals surface area contributed by atoms with Crippen LogP contribution in [0.25, 0.3) is 6.08 Å². The quantitative estimate of drug-likeness (QED) is 0.691. The third-order valence-electron chi connectivity index (χ3n) is 3.65. The molecule has 24 heavy (non-hydrogen) atoms. The molecular weight excluding hydrogens is 308 g/mol. The van der Waals surface area contributed by atoms with Crippen molar-refractivity contribution in [1.29, 1.82) is 0 Å². The van der Waals surface area contributed by atoms with E-state index in [1.54, 1.807) is 68.8 Å². The number of nitrogens with one attached hydrogen (secondary N) is 1. The average Bonchev–Trinajstić information content (AvgIpc) is 2.90. The monoisotopic (exact) mass is 324 g/mol. The van der Waals surface area contributed by atoms with Crippen LogP contribution in [0.5, 0.6) is 11.5 Å². The number of carbonyl (C=O) groups excluding carboxylic acids is 2. The molecule has 122 valence electrons. The van der Waals surface area contributed by atoms with Crippen molar-refractivity contribution in [3.05, 3.63) is 59.7 Å². The molecule has 2 aromatic carbocycles. The molecule has 0 atom stereocenters. The summed E-state index contributed by atoms with van der Waals surface area (Å²) in [5.41, 5.74) is 3.94. The number of hydrogen-bond donors (Lipinski definition) is 1. The number of amides is 2. The first-order valence-electron chi connectivity index (χ1n) is 7.27. The van der Waals surface area contributed by atoms with E-state index in [2.05, 4.69) is 5.43 Å². The van der Waals surface area contributed by atoms with Crippen LogP contribution in [-0.2, 0) is 9.59 Å². The smallest absolute Gasteiger partial charge is 0.282 e. The van der Waals surface area contributed by atoms with Crippen LogP contribution in [0.2, 0.25) is 0 Å². The molecule has 0 saturated carbocycles. The van der Waals surface area contributed by atoms with Gasteiger partial charge in [0.15, 0.2) is 0 Å². The van der Waals surface area contributed by atoms with Gasteiger partial charge in [-0.3, -0.25) is 15.0 Å². The topological polar surface area (TPSA) is 67.9 Å². The number of nitrogens with zero attached hydrogens (tertiary/aromatic N) is 1. The van der Waals surface area contributed by atoms with E-state index in [9.17, 15) is 9.59 Å². The fraction of sp³-hybridized carbons (Fsp3) is 0.111. The number of anilines is 1. The van der Waals surface area contributed by atoms with E-state index >= 15 is 0 Å². The van der Waals surface area contributed by atoms with E-state index in [0.29, 0.717) is 17.2 Å². The fourth-order valence-electron chi connectivity index (χ4n) is 2.34. The molecule has 1 fully saturated rings. The summed E-state index contributed by atoms with van der Waals surface area (Å²) in [4.78, 5) is 24.6. The number of carbonyl (C=O) groups is 2. The minimum Gasteiger partial charge on any atom is -0.497 e. The summed E-state index contributed by atoms with van der Waals surface area (Å²) in [5, 5.41) is 1.22. The van der Waals surface area contributed by atoms with Crippen molar-refractivity contribution in [3.8, 4) is 11.5 Å². The normalized spacial score (nSPS) is 15.6. The molecule has 6 nitrogen and oxygen atoms in total. The Bertz CT molecular complexity index is 795. The first-order valence-corrected chi connectivity index (χ1v) is 7.27. The van der Waals surface area contributed by atoms with Gasteiger partial charge in [-0.25, -0.2) is 5.01 Å². The van der Waals surface area contributed by atoms with Gasteiger partial charge < -0.3 is 9.47 Å². The van der Waals surface area contributed by atoms with Crippen LogP contribution >= 0.6 is 0 Å². The van der Waals surface area contributed by atoms with Crippen LogP contribution in [0.1, 0.15) is 5.56 Å². The van der Waals surface area contributed by atoms with Gasteiger partial charge in [0.1, 0.15) is 17.1 Å². The Morgan fingerprint density at radius 3 is 1.96 bits per heavy atom. The summed E-state index contributed by atoms with van der Waals surface area (Å²) in [6.45, 7) is 0. The molecule has 3 rings (SSSR count). The Kier molecular flexibility index (Phi) is 4.20. The van der Waals surface area contributed by atoms with Crippen molar-refractivity contribution in [2.45, 2.75) is 0 Å². The summed E-state index contributed by atoms with van der Waals surface area (Å²) < 4.78 is 10.2. The van der Waals surface area contributed by atoms with Gasteiger partial charge in [0.05, 0.1) is 19.9 Å². The number of hydrogen-bond acceptors (Lipinski definition) is 4. The highest BCUT2D eigenvalue weighted by Crippen LogP contribution is 2.24. The lowest BCUT2D eigenvalue weighted by Gasteiger charge is -2.14. The number of ether oxygens (including phenoxy) is 2. The zero-order valence-electron chi connectivity index (χ0n) is 13.3. The van der Waals surface area contributed by atoms with Crippen LogP contribution in [0.3, 0.4) is 0 Å². The molecule has 6 heteroatoms. The van der Waals surface area contributed by atoms with Gasteiger partial charge in [-0.15, -0.1) is 0 Å². The third-order valence-corrected chi connectivity index (χ3v) is 3.65. The van der Waals surface area contributed by atoms with E-state index in [0.717, 1.165) is 5.56 Å². The molecule has 1 aliphatic rings. The lowest BCUT2D eigenvalue weighted by molar-refractivity contribution is -0.117. The van der Waals surface area contributed by atoms with Gasteiger partial charge in [-0.1, -0.05) is 12.1 Å². The van der Waals surface area contributed by atoms with Crippen molar-refractivity contribution in [2.75, 3.05) is 19.2 Å². The van der Waals surface area contributed by atoms with Crippen LogP contribution in [0, 0.1) is 0 Å². The summed E-state index contributed by atoms with van der Waals surface area (Å²) >= 11 is 0. The average molecular weight is 324 g/mol. The molecule has 1 aliphatic heterocycles. The van der Waals surface area contributed by atoms with E-state index in [4.69, 9.17) is 9.47 Å². The fourth-order valence-corrected chi connectivity index (χ4v) is 2.34. The summed E-state index contributed by atoms with van der Waals surface area (Å²) in [5.74, 6) is 0.539. The highest BCUT2D eigenvalue weighted by Gasteiger charge is 2.34. The van der Waals surface area contributed by atoms with Crippen molar-refractivity contribution < 1.29 is 19.1 Å². The lowest BCUT2D eigenvalue weighted by atomic mass is 10.1. The molecular formula is C18H16N2O4. The Hall–Kier alpha value is -3.28. The second kappa shape index (κ2) is 6.45. The molecule has 1 N–H and O–H groups in total. The molecule has 0 spiro atoms. The largest absolute Gasteiger partial charge is 0.497 e. The van der Waals surface area contributed by atoms with Crippen molar-refractivity contribution in [3.63, 3.8) is 0 Å². The van der Waals surface area contributed by atoms with Crippen LogP contribution < -0.4 is 19.9 Å². The molecule has 2 amide bonds. The Labute approximate surface area is 139 Å². The van der Waals surface area contributed by atoms with Crippen molar-refractivity contribution in [1.82, 2.24) is 5.43 Å². The maximum absolute atomic E-state index is 12.5. The Morgan fingerprint density at radius 1 is 0.875 bits per heavy atom. The maximum Gasteiger partial charge on any atom is 0.282 e. The van der Waals surface area contributed by atoms with Crippen LogP contribution in [-0.4, -0.2) is 26.0 Å². The van der Waals surface area contributed by atoms with Gasteiger partial charge >= 0.3 is 0 Å². The second-order valence-electron chi connectivity index (χ2n) is 5.11. The minimum absolute atomic E-state index is 0.0796. The molecule has 2 aromatic rings. The highest BCUT2D eigenvalue weighted by atomic mass is 16.5. The number of methoxy groups -OCH3 is 2. The van der Waals surface area contributed by atoms with E-state index in [1.165, 1.54) is 5.01 Å². The zero-order chi connectivity index (χ0) is 17.1. The summed E-state index contributed by atoms with van der Waals surface area (Å²) in [6.07, 6.45) is 1.56. The SMILES string of the molecule is COc1ccc(/C=C2\C(=O)NN(c3ccc(OC)cc3)C2=O)cc1. The second-order valence-corrected chi connectivity index (χ2v) is 5.11. The third kappa shape index (κ3) is 2.94. The Balaban J connectivity index is 1.86. The molecule has 0 aliphatic carbocycles. The number of rotatable bonds is 4. The van der Waals surface area contributed by atoms with Crippen molar-refractivity contribution in [2.24, 2.45) is 0 Å². The predicted octanol–water partition coefficient (Wildman–Crippen LogP) is 2.17. The van der Waals surface area contributed by atoms with Gasteiger partial charge in [-0.05, 0) is 48.0 Å². The summed E-state index contributed by atoms with van der Waals surface area (Å²) in [7, 11) is 3.14. The van der Waals surface area contributed by atoms with Crippen LogP contribution in [0.15, 0.2) is 54.1 Å². The molecule has 0 unspecified atom stereocenters. The highest BCUT2D eigenvalue weighted by molar-refractivity contribution is 6.31. The Morgan fingerprint density at radius 2 is 1.42 bits per heavy atom. The molecule has 1 saturated heterocycles. The van der Waals surface area contributed by atoms with Crippen molar-refractivity contribution >= 4 is 23.6 Å². The number of hydrazine groups is 1. The molecule has 0 radical (unpaired) electrons. The zero-order valence-corrected chi connectivity index (χ0v) is 13.3. The van der Waals surface area contributed by atoms with Gasteiger partial charge in [0.2, 0.25) is 0 Å². The van der Waals surface area contributed by atoms with E-state index < -0.39 is 11.8 Å². The van der Waals surface area contributed by atoms with E-state index in [-0.39, 0.29) is 5.57 Å². The maximum atomic E-state index is 12.5. The van der Waals surface area contributed by atoms with E-state index in [1.807, 2.05) is 0 Å². The molecule has 1 heterocycles. The number of benzene rings is 2. The lowest BCUT2D eigenvalue weighted by Crippen LogP contribution is -2.35. The van der Waals surface area contributed by atoms with Gasteiger partial charge in [0.25, 0.3) is 11.8 Å².